The number of carbonyl (C=O) groups excluding carboxylic acids is 1. The molecule has 2 atom stereocenters. The molecule has 2 aromatic rings. The summed E-state index contributed by atoms with van der Waals surface area (Å²) >= 11 is 0. The maximum atomic E-state index is 12.4. The fourth-order valence-corrected chi connectivity index (χ4v) is 3.64. The number of amides is 1. The molecule has 4 rings (SSSR count). The molecule has 1 heterocycles. The highest BCUT2D eigenvalue weighted by Crippen LogP contribution is 2.35. The van der Waals surface area contributed by atoms with Crippen molar-refractivity contribution in [2.24, 2.45) is 5.73 Å². The van der Waals surface area contributed by atoms with E-state index in [1.54, 1.807) is 0 Å². The Morgan fingerprint density at radius 2 is 2.00 bits per heavy atom. The van der Waals surface area contributed by atoms with Gasteiger partial charge in [0.2, 0.25) is 0 Å². The Hall–Kier alpha value is -1.91. The summed E-state index contributed by atoms with van der Waals surface area (Å²) < 4.78 is 5.68. The molecule has 1 amide bonds. The van der Waals surface area contributed by atoms with Crippen molar-refractivity contribution in [3.8, 4) is 0 Å². The van der Waals surface area contributed by atoms with Gasteiger partial charge in [-0.05, 0) is 48.3 Å². The maximum absolute atomic E-state index is 12.4. The predicted molar refractivity (Wildman–Crippen MR) is 86.9 cm³/mol. The van der Waals surface area contributed by atoms with Crippen LogP contribution in [0.5, 0.6) is 0 Å². The van der Waals surface area contributed by atoms with Gasteiger partial charge in [0.25, 0.3) is 5.91 Å². The molecule has 22 heavy (non-hydrogen) atoms. The van der Waals surface area contributed by atoms with Crippen molar-refractivity contribution in [1.29, 1.82) is 0 Å². The van der Waals surface area contributed by atoms with Gasteiger partial charge in [-0.1, -0.05) is 24.3 Å². The first-order valence-electron chi connectivity index (χ1n) is 7.96. The average molecular weight is 296 g/mol. The fourth-order valence-electron chi connectivity index (χ4n) is 3.64. The first-order valence-corrected chi connectivity index (χ1v) is 7.96. The summed E-state index contributed by atoms with van der Waals surface area (Å²) in [6.07, 6.45) is 3.43. The maximum Gasteiger partial charge on any atom is 0.253 e. The van der Waals surface area contributed by atoms with Crippen LogP contribution in [-0.4, -0.2) is 24.7 Å². The van der Waals surface area contributed by atoms with Crippen molar-refractivity contribution in [2.45, 2.75) is 37.9 Å². The Morgan fingerprint density at radius 1 is 1.18 bits per heavy atom. The van der Waals surface area contributed by atoms with Crippen molar-refractivity contribution in [3.05, 3.63) is 41.5 Å². The molecule has 0 unspecified atom stereocenters. The summed E-state index contributed by atoms with van der Waals surface area (Å²) in [5.41, 5.74) is 9.25. The molecular weight excluding hydrogens is 276 g/mol. The average Bonchev–Trinajstić information content (AvgIpc) is 3.18. The first kappa shape index (κ1) is 13.7. The Morgan fingerprint density at radius 3 is 2.77 bits per heavy atom. The number of nitrogens with two attached hydrogens (primary N) is 1. The van der Waals surface area contributed by atoms with Gasteiger partial charge in [-0.3, -0.25) is 4.79 Å². The Kier molecular flexibility index (Phi) is 3.36. The van der Waals surface area contributed by atoms with Crippen molar-refractivity contribution < 1.29 is 9.53 Å². The third-order valence-corrected chi connectivity index (χ3v) is 4.80. The van der Waals surface area contributed by atoms with Gasteiger partial charge in [0.1, 0.15) is 6.10 Å². The predicted octanol–water partition coefficient (Wildman–Crippen LogP) is 2.38. The van der Waals surface area contributed by atoms with E-state index in [2.05, 4.69) is 29.6 Å². The Labute approximate surface area is 129 Å². The second-order valence-corrected chi connectivity index (χ2v) is 6.16. The van der Waals surface area contributed by atoms with Gasteiger partial charge < -0.3 is 15.8 Å². The molecule has 1 aliphatic heterocycles. The van der Waals surface area contributed by atoms with Gasteiger partial charge in [-0.15, -0.1) is 0 Å². The molecule has 1 fully saturated rings. The lowest BCUT2D eigenvalue weighted by atomic mass is 10.0. The number of ether oxygens (including phenoxy) is 1. The molecule has 1 aliphatic carbocycles. The van der Waals surface area contributed by atoms with Gasteiger partial charge in [-0.25, -0.2) is 0 Å². The van der Waals surface area contributed by atoms with Gasteiger partial charge >= 0.3 is 0 Å². The van der Waals surface area contributed by atoms with Crippen molar-refractivity contribution >= 4 is 22.4 Å². The molecule has 0 saturated carbocycles. The molecule has 2 aliphatic rings. The zero-order valence-corrected chi connectivity index (χ0v) is 12.5. The van der Waals surface area contributed by atoms with E-state index in [1.807, 2.05) is 6.07 Å². The van der Waals surface area contributed by atoms with E-state index < -0.39 is 0 Å². The van der Waals surface area contributed by atoms with Crippen LogP contribution in [0.2, 0.25) is 0 Å². The largest absolute Gasteiger partial charge is 0.364 e. The summed E-state index contributed by atoms with van der Waals surface area (Å²) in [6.45, 7) is 0.477. The number of nitrogens with one attached hydrogen (secondary N) is 1. The van der Waals surface area contributed by atoms with Gasteiger partial charge in [0.15, 0.2) is 0 Å². The van der Waals surface area contributed by atoms with Crippen LogP contribution in [0.1, 0.15) is 24.0 Å². The van der Waals surface area contributed by atoms with E-state index >= 15 is 0 Å². The number of hydrogen-bond acceptors (Lipinski definition) is 3. The lowest BCUT2D eigenvalue weighted by Crippen LogP contribution is -2.29. The summed E-state index contributed by atoms with van der Waals surface area (Å²) in [6, 6.07) is 10.5. The molecular formula is C18H20N2O2. The third kappa shape index (κ3) is 2.19. The molecule has 2 aromatic carbocycles. The lowest BCUT2D eigenvalue weighted by Gasteiger charge is -2.15. The lowest BCUT2D eigenvalue weighted by molar-refractivity contribution is -0.126. The monoisotopic (exact) mass is 296 g/mol. The molecule has 114 valence electrons. The first-order chi connectivity index (χ1) is 10.8. The molecule has 0 radical (unpaired) electrons. The minimum atomic E-state index is -0.378. The van der Waals surface area contributed by atoms with Crippen molar-refractivity contribution in [1.82, 2.24) is 0 Å². The summed E-state index contributed by atoms with van der Waals surface area (Å²) in [5.74, 6) is -0.0605. The Balaban J connectivity index is 1.62. The van der Waals surface area contributed by atoms with E-state index in [0.717, 1.165) is 36.8 Å². The van der Waals surface area contributed by atoms with Crippen LogP contribution < -0.4 is 11.1 Å². The molecule has 4 heteroatoms. The zero-order valence-electron chi connectivity index (χ0n) is 12.5. The van der Waals surface area contributed by atoms with E-state index in [-0.39, 0.29) is 18.1 Å². The number of hydrogen-bond donors (Lipinski definition) is 2. The minimum absolute atomic E-state index is 0.0172. The molecule has 0 spiro atoms. The van der Waals surface area contributed by atoms with Crippen LogP contribution in [0.15, 0.2) is 30.3 Å². The van der Waals surface area contributed by atoms with Crippen LogP contribution in [0, 0.1) is 0 Å². The summed E-state index contributed by atoms with van der Waals surface area (Å²) in [4.78, 5) is 12.4. The van der Waals surface area contributed by atoms with Gasteiger partial charge in [-0.2, -0.15) is 0 Å². The smallest absolute Gasteiger partial charge is 0.253 e. The number of rotatable bonds is 3. The Bertz CT molecular complexity index is 731. The fraction of sp³-hybridized carbons (Fsp3) is 0.389. The van der Waals surface area contributed by atoms with Crippen LogP contribution in [0.25, 0.3) is 10.8 Å². The highest BCUT2D eigenvalue weighted by atomic mass is 16.5. The SMILES string of the molecule is NC[C@H]1CC[C@@H](C(=O)Nc2ccc3c4c(cccc24)CC3)O1. The van der Waals surface area contributed by atoms with Gasteiger partial charge in [0, 0.05) is 17.6 Å². The highest BCUT2D eigenvalue weighted by molar-refractivity contribution is 6.06. The van der Waals surface area contributed by atoms with Crippen molar-refractivity contribution in [2.75, 3.05) is 11.9 Å². The zero-order chi connectivity index (χ0) is 15.1. The summed E-state index contributed by atoms with van der Waals surface area (Å²) in [5, 5.41) is 5.49. The van der Waals surface area contributed by atoms with E-state index in [9.17, 15) is 4.79 Å². The number of anilines is 1. The van der Waals surface area contributed by atoms with Crippen LogP contribution in [-0.2, 0) is 22.4 Å². The second-order valence-electron chi connectivity index (χ2n) is 6.16. The van der Waals surface area contributed by atoms with E-state index in [4.69, 9.17) is 10.5 Å². The van der Waals surface area contributed by atoms with E-state index in [1.165, 1.54) is 16.5 Å². The van der Waals surface area contributed by atoms with Crippen LogP contribution in [0.4, 0.5) is 5.69 Å². The number of aryl methyl sites for hydroxylation is 2. The third-order valence-electron chi connectivity index (χ3n) is 4.80. The van der Waals surface area contributed by atoms with Crippen LogP contribution >= 0.6 is 0 Å². The van der Waals surface area contributed by atoms with E-state index in [0.29, 0.717) is 6.54 Å². The minimum Gasteiger partial charge on any atom is -0.364 e. The standard InChI is InChI=1S/C18H20N2O2/c19-10-13-7-9-16(22-13)18(21)20-15-8-6-12-5-4-11-2-1-3-14(15)17(11)12/h1-3,6,8,13,16H,4-5,7,9-10,19H2,(H,20,21)/t13-,16+/m1/s1. The molecule has 3 N–H and O–H groups in total. The topological polar surface area (TPSA) is 64.4 Å². The highest BCUT2D eigenvalue weighted by Gasteiger charge is 2.30. The molecule has 1 saturated heterocycles. The molecule has 0 aromatic heterocycles. The quantitative estimate of drug-likeness (QED) is 0.914. The molecule has 4 nitrogen and oxygen atoms in total. The number of carbonyl (C=O) groups is 1. The van der Waals surface area contributed by atoms with Crippen LogP contribution in [0.3, 0.4) is 0 Å². The normalized spacial score (nSPS) is 23.1. The molecule has 0 bridgehead atoms. The van der Waals surface area contributed by atoms with Crippen molar-refractivity contribution in [3.63, 3.8) is 0 Å². The summed E-state index contributed by atoms with van der Waals surface area (Å²) in [7, 11) is 0. The number of benzene rings is 2. The second kappa shape index (κ2) is 5.38. The van der Waals surface area contributed by atoms with Gasteiger partial charge in [0.05, 0.1) is 6.10 Å².